The highest BCUT2D eigenvalue weighted by molar-refractivity contribution is 4.80. The number of hydrogen-bond acceptors (Lipinski definition) is 3. The van der Waals surface area contributed by atoms with E-state index in [9.17, 15) is 5.11 Å². The maximum atomic E-state index is 9.21. The maximum absolute atomic E-state index is 9.21. The topological polar surface area (TPSA) is 35.5 Å². The molecule has 0 heterocycles. The lowest BCUT2D eigenvalue weighted by molar-refractivity contribution is 0.0282. The van der Waals surface area contributed by atoms with Crippen molar-refractivity contribution in [1.29, 1.82) is 0 Å². The SMILES string of the molecule is CN(CCCNC(C)(C)C)CC1CC(O)C1. The predicted octanol–water partition coefficient (Wildman–Crippen LogP) is 1.47. The molecule has 0 radical (unpaired) electrons. The van der Waals surface area contributed by atoms with Gasteiger partial charge in [0.15, 0.2) is 0 Å². The summed E-state index contributed by atoms with van der Waals surface area (Å²) in [6, 6.07) is 0. The molecule has 0 spiro atoms. The van der Waals surface area contributed by atoms with Gasteiger partial charge < -0.3 is 15.3 Å². The van der Waals surface area contributed by atoms with E-state index in [2.05, 4.69) is 38.0 Å². The van der Waals surface area contributed by atoms with Gasteiger partial charge in [0.25, 0.3) is 0 Å². The molecule has 3 heteroatoms. The quantitative estimate of drug-likeness (QED) is 0.676. The Morgan fingerprint density at radius 1 is 1.31 bits per heavy atom. The van der Waals surface area contributed by atoms with Crippen molar-refractivity contribution in [3.05, 3.63) is 0 Å². The van der Waals surface area contributed by atoms with Gasteiger partial charge in [-0.2, -0.15) is 0 Å². The van der Waals surface area contributed by atoms with Crippen LogP contribution in [0.2, 0.25) is 0 Å². The first-order chi connectivity index (χ1) is 7.37. The van der Waals surface area contributed by atoms with Crippen LogP contribution < -0.4 is 5.32 Å². The summed E-state index contributed by atoms with van der Waals surface area (Å²) in [5.41, 5.74) is 0.233. The van der Waals surface area contributed by atoms with Crippen molar-refractivity contribution < 1.29 is 5.11 Å². The summed E-state index contributed by atoms with van der Waals surface area (Å²) < 4.78 is 0. The van der Waals surface area contributed by atoms with E-state index in [1.54, 1.807) is 0 Å². The van der Waals surface area contributed by atoms with Gasteiger partial charge in [-0.25, -0.2) is 0 Å². The normalized spacial score (nSPS) is 25.9. The number of nitrogens with one attached hydrogen (secondary N) is 1. The zero-order valence-corrected chi connectivity index (χ0v) is 11.3. The fourth-order valence-corrected chi connectivity index (χ4v) is 2.19. The van der Waals surface area contributed by atoms with Gasteiger partial charge >= 0.3 is 0 Å². The van der Waals surface area contributed by atoms with Crippen molar-refractivity contribution in [2.75, 3.05) is 26.7 Å². The molecule has 0 saturated heterocycles. The molecule has 1 aliphatic rings. The van der Waals surface area contributed by atoms with E-state index >= 15 is 0 Å². The Kier molecular flexibility index (Phi) is 5.22. The summed E-state index contributed by atoms with van der Waals surface area (Å²) in [7, 11) is 2.18. The van der Waals surface area contributed by atoms with Crippen LogP contribution in [-0.4, -0.2) is 48.3 Å². The number of rotatable bonds is 6. The minimum Gasteiger partial charge on any atom is -0.393 e. The lowest BCUT2D eigenvalue weighted by Gasteiger charge is -2.34. The Bertz CT molecular complexity index is 195. The summed E-state index contributed by atoms with van der Waals surface area (Å²) in [5, 5.41) is 12.7. The number of nitrogens with zero attached hydrogens (tertiary/aromatic N) is 1. The first kappa shape index (κ1) is 13.9. The van der Waals surface area contributed by atoms with E-state index in [4.69, 9.17) is 0 Å². The molecule has 0 aromatic rings. The Balaban J connectivity index is 1.96. The van der Waals surface area contributed by atoms with E-state index in [1.165, 1.54) is 6.42 Å². The second-order valence-corrected chi connectivity index (χ2v) is 6.28. The molecule has 1 rings (SSSR count). The zero-order chi connectivity index (χ0) is 12.2. The van der Waals surface area contributed by atoms with Crippen molar-refractivity contribution in [1.82, 2.24) is 10.2 Å². The summed E-state index contributed by atoms with van der Waals surface area (Å²) in [6.07, 6.45) is 3.19. The molecule has 1 fully saturated rings. The molecule has 0 aromatic heterocycles. The Morgan fingerprint density at radius 2 is 1.94 bits per heavy atom. The molecular formula is C13H28N2O. The molecule has 0 bridgehead atoms. The van der Waals surface area contributed by atoms with Gasteiger partial charge in [0.1, 0.15) is 0 Å². The summed E-state index contributed by atoms with van der Waals surface area (Å²) in [4.78, 5) is 2.39. The summed E-state index contributed by atoms with van der Waals surface area (Å²) in [6.45, 7) is 9.98. The highest BCUT2D eigenvalue weighted by Gasteiger charge is 2.27. The average molecular weight is 228 g/mol. The fourth-order valence-electron chi connectivity index (χ4n) is 2.19. The van der Waals surface area contributed by atoms with Gasteiger partial charge in [0, 0.05) is 12.1 Å². The van der Waals surface area contributed by atoms with Gasteiger partial charge in [-0.15, -0.1) is 0 Å². The molecule has 16 heavy (non-hydrogen) atoms. The van der Waals surface area contributed by atoms with E-state index in [0.717, 1.165) is 38.4 Å². The molecule has 2 N–H and O–H groups in total. The van der Waals surface area contributed by atoms with E-state index in [0.29, 0.717) is 0 Å². The van der Waals surface area contributed by atoms with Gasteiger partial charge in [-0.3, -0.25) is 0 Å². The Morgan fingerprint density at radius 3 is 2.44 bits per heavy atom. The Hall–Kier alpha value is -0.120. The molecule has 1 saturated carbocycles. The highest BCUT2D eigenvalue weighted by atomic mass is 16.3. The van der Waals surface area contributed by atoms with Crippen LogP contribution in [0.3, 0.4) is 0 Å². The van der Waals surface area contributed by atoms with Crippen molar-refractivity contribution >= 4 is 0 Å². The second-order valence-electron chi connectivity index (χ2n) is 6.28. The van der Waals surface area contributed by atoms with E-state index in [-0.39, 0.29) is 11.6 Å². The third kappa shape index (κ3) is 5.83. The maximum Gasteiger partial charge on any atom is 0.0546 e. The highest BCUT2D eigenvalue weighted by Crippen LogP contribution is 2.27. The third-order valence-corrected chi connectivity index (χ3v) is 3.15. The summed E-state index contributed by atoms with van der Waals surface area (Å²) in [5.74, 6) is 0.732. The van der Waals surface area contributed by atoms with Crippen LogP contribution in [0.4, 0.5) is 0 Å². The van der Waals surface area contributed by atoms with Gasteiger partial charge in [0.2, 0.25) is 0 Å². The molecule has 96 valence electrons. The van der Waals surface area contributed by atoms with Crippen LogP contribution in [0.5, 0.6) is 0 Å². The van der Waals surface area contributed by atoms with Crippen molar-refractivity contribution in [2.45, 2.75) is 51.7 Å². The smallest absolute Gasteiger partial charge is 0.0546 e. The molecule has 1 aliphatic carbocycles. The number of hydrogen-bond donors (Lipinski definition) is 2. The van der Waals surface area contributed by atoms with Crippen LogP contribution in [0.25, 0.3) is 0 Å². The Labute approximate surface area is 100 Å². The van der Waals surface area contributed by atoms with Crippen molar-refractivity contribution in [3.63, 3.8) is 0 Å². The molecule has 3 nitrogen and oxygen atoms in total. The van der Waals surface area contributed by atoms with Crippen molar-refractivity contribution in [2.24, 2.45) is 5.92 Å². The molecule has 0 aliphatic heterocycles. The van der Waals surface area contributed by atoms with Crippen molar-refractivity contribution in [3.8, 4) is 0 Å². The van der Waals surface area contributed by atoms with Crippen LogP contribution in [-0.2, 0) is 0 Å². The molecular weight excluding hydrogens is 200 g/mol. The minimum absolute atomic E-state index is 0.0130. The molecule has 0 atom stereocenters. The van der Waals surface area contributed by atoms with Gasteiger partial charge in [-0.1, -0.05) is 0 Å². The van der Waals surface area contributed by atoms with E-state index in [1.807, 2.05) is 0 Å². The molecule has 0 amide bonds. The lowest BCUT2D eigenvalue weighted by Crippen LogP contribution is -2.39. The standard InChI is InChI=1S/C13H28N2O/c1-13(2,3)14-6-5-7-15(4)10-11-8-12(16)9-11/h11-12,14,16H,5-10H2,1-4H3. The lowest BCUT2D eigenvalue weighted by atomic mass is 9.82. The van der Waals surface area contributed by atoms with Crippen LogP contribution in [0.1, 0.15) is 40.0 Å². The third-order valence-electron chi connectivity index (χ3n) is 3.15. The number of aliphatic hydroxyl groups excluding tert-OH is 1. The average Bonchev–Trinajstić information content (AvgIpc) is 2.08. The van der Waals surface area contributed by atoms with Gasteiger partial charge in [0.05, 0.1) is 6.10 Å². The van der Waals surface area contributed by atoms with Crippen LogP contribution >= 0.6 is 0 Å². The van der Waals surface area contributed by atoms with E-state index < -0.39 is 0 Å². The van der Waals surface area contributed by atoms with Crippen LogP contribution in [0.15, 0.2) is 0 Å². The minimum atomic E-state index is -0.0130. The molecule has 0 aromatic carbocycles. The van der Waals surface area contributed by atoms with Crippen LogP contribution in [0, 0.1) is 5.92 Å². The largest absolute Gasteiger partial charge is 0.393 e. The number of aliphatic hydroxyl groups is 1. The fraction of sp³-hybridized carbons (Fsp3) is 1.00. The van der Waals surface area contributed by atoms with Gasteiger partial charge in [-0.05, 0) is 66.1 Å². The zero-order valence-electron chi connectivity index (χ0n) is 11.3. The first-order valence-corrected chi connectivity index (χ1v) is 6.48. The monoisotopic (exact) mass is 228 g/mol. The second kappa shape index (κ2) is 5.99. The molecule has 0 unspecified atom stereocenters. The summed E-state index contributed by atoms with van der Waals surface area (Å²) >= 11 is 0. The predicted molar refractivity (Wildman–Crippen MR) is 68.6 cm³/mol. The first-order valence-electron chi connectivity index (χ1n) is 6.48.